The molecule has 0 aromatic heterocycles. The summed E-state index contributed by atoms with van der Waals surface area (Å²) in [5.41, 5.74) is 1.33. The van der Waals surface area contributed by atoms with Gasteiger partial charge in [0.1, 0.15) is 0 Å². The Labute approximate surface area is 57.7 Å². The third-order valence-electron chi connectivity index (χ3n) is 1.24. The third-order valence-corrected chi connectivity index (χ3v) is 1.24. The summed E-state index contributed by atoms with van der Waals surface area (Å²) in [5, 5.41) is 0. The molecule has 0 spiro atoms. The van der Waals surface area contributed by atoms with Crippen molar-refractivity contribution in [3.05, 3.63) is 11.8 Å². The van der Waals surface area contributed by atoms with Gasteiger partial charge in [0.15, 0.2) is 0 Å². The maximum absolute atomic E-state index is 4.84. The van der Waals surface area contributed by atoms with Crippen LogP contribution in [-0.4, -0.2) is 7.11 Å². The first-order valence-corrected chi connectivity index (χ1v) is 3.49. The molecule has 0 N–H and O–H groups in total. The Hall–Kier alpha value is -0.460. The molecule has 1 nitrogen and oxygen atoms in total. The zero-order chi connectivity index (χ0) is 7.11. The van der Waals surface area contributed by atoms with Gasteiger partial charge in [-0.15, -0.1) is 0 Å². The first-order chi connectivity index (χ1) is 4.31. The lowest BCUT2D eigenvalue weighted by Gasteiger charge is -1.96. The maximum atomic E-state index is 4.84. The Kier molecular flexibility index (Phi) is 5.38. The molecule has 0 bridgehead atoms. The van der Waals surface area contributed by atoms with E-state index < -0.39 is 0 Å². The Bertz CT molecular complexity index is 84.6. The van der Waals surface area contributed by atoms with Gasteiger partial charge < -0.3 is 4.74 Å². The molecule has 0 radical (unpaired) electrons. The molecular formula is C8H16O. The van der Waals surface area contributed by atoms with Gasteiger partial charge in [-0.1, -0.05) is 13.3 Å². The molecule has 9 heavy (non-hydrogen) atoms. The minimum Gasteiger partial charge on any atom is -0.504 e. The molecule has 54 valence electrons. The smallest absolute Gasteiger partial charge is 0.0813 e. The second-order valence-electron chi connectivity index (χ2n) is 2.30. The zero-order valence-corrected chi connectivity index (χ0v) is 6.61. The van der Waals surface area contributed by atoms with Gasteiger partial charge in [0.05, 0.1) is 13.4 Å². The van der Waals surface area contributed by atoms with E-state index in [9.17, 15) is 0 Å². The minimum atomic E-state index is 1.17. The molecule has 0 fully saturated rings. The summed E-state index contributed by atoms with van der Waals surface area (Å²) >= 11 is 0. The summed E-state index contributed by atoms with van der Waals surface area (Å²) in [6.45, 7) is 4.29. The zero-order valence-electron chi connectivity index (χ0n) is 6.61. The van der Waals surface area contributed by atoms with E-state index in [1.165, 1.54) is 24.8 Å². The van der Waals surface area contributed by atoms with Crippen molar-refractivity contribution in [1.29, 1.82) is 0 Å². The Morgan fingerprint density at radius 1 is 1.56 bits per heavy atom. The molecule has 1 heteroatoms. The summed E-state index contributed by atoms with van der Waals surface area (Å²) in [4.78, 5) is 0. The number of rotatable bonds is 4. The van der Waals surface area contributed by atoms with E-state index in [1.54, 1.807) is 7.11 Å². The molecule has 0 aliphatic carbocycles. The van der Waals surface area contributed by atoms with Crippen LogP contribution < -0.4 is 0 Å². The summed E-state index contributed by atoms with van der Waals surface area (Å²) in [7, 11) is 1.69. The van der Waals surface area contributed by atoms with E-state index >= 15 is 0 Å². The predicted octanol–water partition coefficient (Wildman–Crippen LogP) is 2.73. The molecule has 0 aromatic rings. The van der Waals surface area contributed by atoms with Gasteiger partial charge in [-0.3, -0.25) is 0 Å². The van der Waals surface area contributed by atoms with Crippen molar-refractivity contribution in [2.45, 2.75) is 33.1 Å². The molecule has 0 aromatic carbocycles. The average Bonchev–Trinajstić information content (AvgIpc) is 1.85. The second-order valence-corrected chi connectivity index (χ2v) is 2.30. The highest BCUT2D eigenvalue weighted by Gasteiger charge is 1.86. The lowest BCUT2D eigenvalue weighted by Crippen LogP contribution is -1.78. The van der Waals surface area contributed by atoms with Crippen molar-refractivity contribution in [2.75, 3.05) is 7.11 Å². The van der Waals surface area contributed by atoms with Gasteiger partial charge in [0.25, 0.3) is 0 Å². The summed E-state index contributed by atoms with van der Waals surface area (Å²) in [6.07, 6.45) is 5.51. The van der Waals surface area contributed by atoms with Gasteiger partial charge in [-0.2, -0.15) is 0 Å². The second kappa shape index (κ2) is 5.67. The Morgan fingerprint density at radius 2 is 2.22 bits per heavy atom. The van der Waals surface area contributed by atoms with Gasteiger partial charge >= 0.3 is 0 Å². The van der Waals surface area contributed by atoms with E-state index in [4.69, 9.17) is 4.74 Å². The first-order valence-electron chi connectivity index (χ1n) is 3.49. The summed E-state index contributed by atoms with van der Waals surface area (Å²) < 4.78 is 4.84. The van der Waals surface area contributed by atoms with Crippen LogP contribution in [0.2, 0.25) is 0 Å². The van der Waals surface area contributed by atoms with Gasteiger partial charge in [-0.25, -0.2) is 0 Å². The predicted molar refractivity (Wildman–Crippen MR) is 40.3 cm³/mol. The lowest BCUT2D eigenvalue weighted by molar-refractivity contribution is 0.332. The van der Waals surface area contributed by atoms with Crippen LogP contribution in [0.15, 0.2) is 11.8 Å². The maximum Gasteiger partial charge on any atom is 0.0813 e. The van der Waals surface area contributed by atoms with Gasteiger partial charge in [0.2, 0.25) is 0 Å². The number of ether oxygens (including phenoxy) is 1. The highest BCUT2D eigenvalue weighted by molar-refractivity contribution is 4.91. The Morgan fingerprint density at radius 3 is 2.67 bits per heavy atom. The van der Waals surface area contributed by atoms with Crippen LogP contribution in [0.1, 0.15) is 33.1 Å². The fourth-order valence-electron chi connectivity index (χ4n) is 0.716. The highest BCUT2D eigenvalue weighted by Crippen LogP contribution is 2.04. The van der Waals surface area contributed by atoms with E-state index in [1.807, 2.05) is 6.26 Å². The standard InChI is InChI=1S/C8H16O/c1-4-5-6-8(2)7-9-3/h7H,4-6H2,1-3H3. The molecule has 0 rings (SSSR count). The minimum absolute atomic E-state index is 1.17. The number of methoxy groups -OCH3 is 1. The van der Waals surface area contributed by atoms with Crippen LogP contribution in [0.5, 0.6) is 0 Å². The molecule has 0 unspecified atom stereocenters. The third kappa shape index (κ3) is 5.41. The normalized spacial score (nSPS) is 11.7. The Balaban J connectivity index is 3.25. The van der Waals surface area contributed by atoms with Crippen LogP contribution >= 0.6 is 0 Å². The lowest BCUT2D eigenvalue weighted by atomic mass is 10.1. The molecule has 0 saturated heterocycles. The van der Waals surface area contributed by atoms with Crippen LogP contribution in [0, 0.1) is 0 Å². The average molecular weight is 128 g/mol. The van der Waals surface area contributed by atoms with Crippen molar-refractivity contribution in [2.24, 2.45) is 0 Å². The van der Waals surface area contributed by atoms with E-state index in [0.29, 0.717) is 0 Å². The monoisotopic (exact) mass is 128 g/mol. The molecule has 0 saturated carbocycles. The van der Waals surface area contributed by atoms with Crippen LogP contribution in [0.4, 0.5) is 0 Å². The highest BCUT2D eigenvalue weighted by atomic mass is 16.5. The van der Waals surface area contributed by atoms with Crippen LogP contribution in [0.3, 0.4) is 0 Å². The molecule has 0 amide bonds. The van der Waals surface area contributed by atoms with E-state index in [2.05, 4.69) is 13.8 Å². The topological polar surface area (TPSA) is 9.23 Å². The number of unbranched alkanes of at least 4 members (excludes halogenated alkanes) is 1. The largest absolute Gasteiger partial charge is 0.504 e. The molecule has 0 aliphatic heterocycles. The fraction of sp³-hybridized carbons (Fsp3) is 0.750. The van der Waals surface area contributed by atoms with Crippen molar-refractivity contribution in [3.8, 4) is 0 Å². The van der Waals surface area contributed by atoms with Crippen molar-refractivity contribution in [1.82, 2.24) is 0 Å². The molecule has 0 aliphatic rings. The summed E-state index contributed by atoms with van der Waals surface area (Å²) in [5.74, 6) is 0. The van der Waals surface area contributed by atoms with E-state index in [-0.39, 0.29) is 0 Å². The number of hydrogen-bond acceptors (Lipinski definition) is 1. The first kappa shape index (κ1) is 8.54. The van der Waals surface area contributed by atoms with Gasteiger partial charge in [0, 0.05) is 0 Å². The van der Waals surface area contributed by atoms with Crippen molar-refractivity contribution in [3.63, 3.8) is 0 Å². The molecule has 0 heterocycles. The van der Waals surface area contributed by atoms with Crippen molar-refractivity contribution >= 4 is 0 Å². The van der Waals surface area contributed by atoms with Gasteiger partial charge in [-0.05, 0) is 25.3 Å². The SMILES string of the molecule is CCCCC(C)=COC. The van der Waals surface area contributed by atoms with Crippen LogP contribution in [-0.2, 0) is 4.74 Å². The van der Waals surface area contributed by atoms with Crippen LogP contribution in [0.25, 0.3) is 0 Å². The molecule has 0 atom stereocenters. The number of hydrogen-bond donors (Lipinski definition) is 0. The molecular weight excluding hydrogens is 112 g/mol. The van der Waals surface area contributed by atoms with Crippen molar-refractivity contribution < 1.29 is 4.74 Å². The quantitative estimate of drug-likeness (QED) is 0.529. The summed E-state index contributed by atoms with van der Waals surface area (Å²) in [6, 6.07) is 0. The van der Waals surface area contributed by atoms with E-state index in [0.717, 1.165) is 0 Å². The number of allylic oxidation sites excluding steroid dienone is 1. The fourth-order valence-corrected chi connectivity index (χ4v) is 0.716.